The first-order valence-corrected chi connectivity index (χ1v) is 24.6. The minimum absolute atomic E-state index is 0.0611. The van der Waals surface area contributed by atoms with Crippen molar-refractivity contribution in [1.29, 1.82) is 0 Å². The number of nitrogens with one attached hydrogen (secondary N) is 3. The fourth-order valence-corrected chi connectivity index (χ4v) is 10.4. The molecule has 2 aliphatic carbocycles. The molecular weight excluding hydrogens is 915 g/mol. The number of hydrogen-bond donors (Lipinski definition) is 3. The van der Waals surface area contributed by atoms with E-state index in [2.05, 4.69) is 15.4 Å². The zero-order valence-corrected chi connectivity index (χ0v) is 40.3. The molecule has 0 radical (unpaired) electrons. The van der Waals surface area contributed by atoms with Crippen molar-refractivity contribution in [3.8, 4) is 11.5 Å². The molecule has 372 valence electrons. The third-order valence-corrected chi connectivity index (χ3v) is 16.0. The molecule has 5 aliphatic rings. The molecule has 4 amide bonds. The van der Waals surface area contributed by atoms with Crippen molar-refractivity contribution >= 4 is 45.2 Å². The summed E-state index contributed by atoms with van der Waals surface area (Å²) < 4.78 is 108. The van der Waals surface area contributed by atoms with Gasteiger partial charge in [-0.15, -0.1) is 0 Å². The minimum atomic E-state index is -4.94. The molecular formula is C48H61F4N5O10S. The SMILES string of the molecule is COc1ccc2c(c1)N=C(c1ccc(OC(C)C)c(F)c1)C(C)C2OC1C[C@H]2C(=O)N[C@]3(C(=O)NS(=O)(=O)C4(C)CC4)C[C@H]3/C=C\CCCC[C@@H](C)[C@H](NC(=O)OC(C)(C)C(F)(F)F)C(=O)N2C1. The Hall–Kier alpha value is -5.24. The molecule has 7 rings (SSSR count). The van der Waals surface area contributed by atoms with E-state index in [9.17, 15) is 36.0 Å². The molecule has 3 N–H and O–H groups in total. The number of aliphatic imine (C=N–C) groups is 1. The van der Waals surface area contributed by atoms with Gasteiger partial charge in [-0.2, -0.15) is 13.2 Å². The van der Waals surface area contributed by atoms with Gasteiger partial charge in [0.15, 0.2) is 11.6 Å². The Labute approximate surface area is 394 Å². The summed E-state index contributed by atoms with van der Waals surface area (Å²) in [4.78, 5) is 63.3. The third-order valence-electron chi connectivity index (χ3n) is 13.8. The highest BCUT2D eigenvalue weighted by Crippen LogP contribution is 2.48. The highest BCUT2D eigenvalue weighted by molar-refractivity contribution is 7.91. The van der Waals surface area contributed by atoms with E-state index in [1.54, 1.807) is 51.1 Å². The number of alkyl halides is 3. The summed E-state index contributed by atoms with van der Waals surface area (Å²) in [6, 6.07) is 6.87. The molecule has 0 aromatic heterocycles. The number of nitrogens with zero attached hydrogens (tertiary/aromatic N) is 2. The number of rotatable bonds is 11. The monoisotopic (exact) mass is 975 g/mol. The summed E-state index contributed by atoms with van der Waals surface area (Å²) >= 11 is 0. The van der Waals surface area contributed by atoms with Crippen LogP contribution in [0.4, 0.5) is 28.0 Å². The van der Waals surface area contributed by atoms with Crippen LogP contribution in [0.1, 0.15) is 117 Å². The topological polar surface area (TPSA) is 191 Å². The normalized spacial score (nSPS) is 28.9. The zero-order chi connectivity index (χ0) is 49.7. The van der Waals surface area contributed by atoms with Gasteiger partial charge in [0.1, 0.15) is 23.4 Å². The number of carbonyl (C=O) groups excluding carboxylic acids is 4. The fraction of sp³-hybridized carbons (Fsp3) is 0.604. The number of fused-ring (bicyclic) bond motifs is 3. The number of allylic oxidation sites excluding steroid dienone is 1. The third kappa shape index (κ3) is 10.4. The lowest BCUT2D eigenvalue weighted by atomic mass is 9.85. The Morgan fingerprint density at radius 3 is 2.41 bits per heavy atom. The number of ether oxygens (including phenoxy) is 4. The Bertz CT molecular complexity index is 2480. The van der Waals surface area contributed by atoms with Crippen LogP contribution >= 0.6 is 0 Å². The van der Waals surface area contributed by atoms with Gasteiger partial charge in [0.2, 0.25) is 27.4 Å². The molecule has 3 unspecified atom stereocenters. The number of carbonyl (C=O) groups is 4. The van der Waals surface area contributed by atoms with Crippen LogP contribution in [0.5, 0.6) is 11.5 Å². The van der Waals surface area contributed by atoms with E-state index in [1.165, 1.54) is 31.1 Å². The van der Waals surface area contributed by atoms with Crippen LogP contribution in [-0.2, 0) is 33.9 Å². The lowest BCUT2D eigenvalue weighted by Crippen LogP contribution is -2.59. The maximum absolute atomic E-state index is 15.5. The maximum Gasteiger partial charge on any atom is 0.427 e. The molecule has 1 saturated heterocycles. The second kappa shape index (κ2) is 18.9. The summed E-state index contributed by atoms with van der Waals surface area (Å²) in [5, 5.41) is 5.20. The van der Waals surface area contributed by atoms with Crippen molar-refractivity contribution in [2.45, 2.75) is 152 Å². The van der Waals surface area contributed by atoms with Crippen LogP contribution in [0.25, 0.3) is 0 Å². The predicted octanol–water partition coefficient (Wildman–Crippen LogP) is 7.49. The van der Waals surface area contributed by atoms with Crippen LogP contribution in [0.3, 0.4) is 0 Å². The summed E-state index contributed by atoms with van der Waals surface area (Å²) in [7, 11) is -2.63. The molecule has 0 bridgehead atoms. The van der Waals surface area contributed by atoms with Crippen molar-refractivity contribution < 1.29 is 64.1 Å². The Balaban J connectivity index is 1.24. The molecule has 2 aromatic rings. The Morgan fingerprint density at radius 1 is 1.04 bits per heavy atom. The van der Waals surface area contributed by atoms with Gasteiger partial charge in [-0.05, 0) is 109 Å². The molecule has 3 heterocycles. The highest BCUT2D eigenvalue weighted by atomic mass is 32.2. The van der Waals surface area contributed by atoms with Gasteiger partial charge in [-0.3, -0.25) is 24.1 Å². The van der Waals surface area contributed by atoms with Crippen LogP contribution < -0.4 is 24.8 Å². The second-order valence-corrected chi connectivity index (χ2v) is 22.0. The van der Waals surface area contributed by atoms with Crippen molar-refractivity contribution in [3.63, 3.8) is 0 Å². The quantitative estimate of drug-likeness (QED) is 0.150. The van der Waals surface area contributed by atoms with E-state index in [4.69, 9.17) is 23.9 Å². The summed E-state index contributed by atoms with van der Waals surface area (Å²) in [6.07, 6.45) is -2.21. The number of alkyl carbamates (subject to hydrolysis) is 1. The first kappa shape index (κ1) is 50.6. The van der Waals surface area contributed by atoms with E-state index in [0.717, 1.165) is 0 Å². The molecule has 20 heteroatoms. The lowest BCUT2D eigenvalue weighted by Gasteiger charge is -2.34. The first-order chi connectivity index (χ1) is 31.8. The second-order valence-electron chi connectivity index (χ2n) is 19.8. The Morgan fingerprint density at radius 2 is 1.76 bits per heavy atom. The largest absolute Gasteiger partial charge is 0.497 e. The number of sulfonamides is 1. The number of halogens is 4. The molecule has 3 fully saturated rings. The predicted molar refractivity (Wildman–Crippen MR) is 242 cm³/mol. The van der Waals surface area contributed by atoms with Crippen LogP contribution in [0.15, 0.2) is 53.5 Å². The Kier molecular flexibility index (Phi) is 14.1. The van der Waals surface area contributed by atoms with Gasteiger partial charge in [0, 0.05) is 36.4 Å². The molecule has 3 aliphatic heterocycles. The van der Waals surface area contributed by atoms with E-state index < -0.39 is 104 Å². The molecule has 0 spiro atoms. The minimum Gasteiger partial charge on any atom is -0.497 e. The van der Waals surface area contributed by atoms with Gasteiger partial charge in [-0.25, -0.2) is 17.6 Å². The summed E-state index contributed by atoms with van der Waals surface area (Å²) in [5.41, 5.74) is -2.62. The summed E-state index contributed by atoms with van der Waals surface area (Å²) in [6.45, 7) is 9.71. The zero-order valence-electron chi connectivity index (χ0n) is 39.5. The number of methoxy groups -OCH3 is 1. The first-order valence-electron chi connectivity index (χ1n) is 23.1. The average Bonchev–Trinajstić information content (AvgIpc) is 4.14. The molecule has 2 aromatic carbocycles. The van der Waals surface area contributed by atoms with Crippen LogP contribution in [-0.4, -0.2) is 103 Å². The fourth-order valence-electron chi connectivity index (χ4n) is 9.05. The van der Waals surface area contributed by atoms with Gasteiger partial charge in [0.05, 0.1) is 41.6 Å². The smallest absolute Gasteiger partial charge is 0.427 e. The van der Waals surface area contributed by atoms with Crippen molar-refractivity contribution in [2.75, 3.05) is 13.7 Å². The van der Waals surface area contributed by atoms with Gasteiger partial charge in [0.25, 0.3) is 5.91 Å². The standard InChI is InChI=1S/C48H61F4N5O10S/c1-26(2)65-37-18-15-29(21-34(37)49)39-28(4)40(33-17-16-31(64-8)22-35(33)53-39)66-32-23-36-41(58)55-47(43(60)56-68(62,63)46(7)19-20-46)24-30(47)14-12-10-9-11-13-27(3)38(42(59)57(36)25-32)54-44(61)67-45(5,6)48(50,51)52/h12,14-18,21-22,26-28,30,32,36,38,40H,9-11,13,19-20,23-25H2,1-8H3,(H,54,61)(H,55,58)(H,56,60)/b14-12-/t27-,28?,30-,32?,36+,38+,40?,47-/m1/s1. The highest BCUT2D eigenvalue weighted by Gasteiger charge is 2.63. The number of amides is 4. The van der Waals surface area contributed by atoms with Crippen LogP contribution in [0, 0.1) is 23.6 Å². The van der Waals surface area contributed by atoms with E-state index in [1.807, 2.05) is 13.0 Å². The van der Waals surface area contributed by atoms with Crippen molar-refractivity contribution in [2.24, 2.45) is 22.7 Å². The number of hydrogen-bond acceptors (Lipinski definition) is 11. The number of benzene rings is 2. The van der Waals surface area contributed by atoms with E-state index >= 15 is 9.18 Å². The average molecular weight is 976 g/mol. The van der Waals surface area contributed by atoms with Gasteiger partial charge >= 0.3 is 12.3 Å². The molecule has 2 saturated carbocycles. The summed E-state index contributed by atoms with van der Waals surface area (Å²) in [5.74, 6) is -4.40. The molecule has 68 heavy (non-hydrogen) atoms. The van der Waals surface area contributed by atoms with Crippen LogP contribution in [0.2, 0.25) is 0 Å². The van der Waals surface area contributed by atoms with Crippen molar-refractivity contribution in [1.82, 2.24) is 20.3 Å². The van der Waals surface area contributed by atoms with Gasteiger partial charge in [-0.1, -0.05) is 38.5 Å². The molecule has 15 nitrogen and oxygen atoms in total. The van der Waals surface area contributed by atoms with Gasteiger partial charge < -0.3 is 34.5 Å². The van der Waals surface area contributed by atoms with E-state index in [0.29, 0.717) is 80.6 Å². The van der Waals surface area contributed by atoms with E-state index in [-0.39, 0.29) is 31.2 Å². The lowest BCUT2D eigenvalue weighted by molar-refractivity contribution is -0.244. The molecule has 8 atom stereocenters. The van der Waals surface area contributed by atoms with Crippen molar-refractivity contribution in [3.05, 3.63) is 65.5 Å². The maximum atomic E-state index is 15.5.